The minimum atomic E-state index is 0.635. The molecule has 1 N–H and O–H groups in total. The lowest BCUT2D eigenvalue weighted by molar-refractivity contribution is 0.421. The zero-order chi connectivity index (χ0) is 12.4. The lowest BCUT2D eigenvalue weighted by Crippen LogP contribution is -1.90. The second-order valence-corrected chi connectivity index (χ2v) is 4.67. The Hall–Kier alpha value is -1.84. The van der Waals surface area contributed by atoms with Crippen molar-refractivity contribution < 1.29 is 4.52 Å². The molecule has 0 amide bonds. The molecule has 0 saturated heterocycles. The first-order valence-corrected chi connectivity index (χ1v) is 6.56. The van der Waals surface area contributed by atoms with Crippen molar-refractivity contribution in [3.63, 3.8) is 0 Å². The van der Waals surface area contributed by atoms with E-state index in [-0.39, 0.29) is 0 Å². The molecular formula is C14H17N3O. The van der Waals surface area contributed by atoms with Gasteiger partial charge in [0, 0.05) is 24.2 Å². The molecule has 4 heteroatoms. The smallest absolute Gasteiger partial charge is 0.257 e. The molecule has 0 aliphatic carbocycles. The average molecular weight is 243 g/mol. The van der Waals surface area contributed by atoms with Crippen LogP contribution < -0.4 is 5.32 Å². The first-order valence-electron chi connectivity index (χ1n) is 6.56. The predicted molar refractivity (Wildman–Crippen MR) is 70.5 cm³/mol. The van der Waals surface area contributed by atoms with Gasteiger partial charge in [0.2, 0.25) is 0 Å². The lowest BCUT2D eigenvalue weighted by Gasteiger charge is -2.00. The van der Waals surface area contributed by atoms with Crippen molar-refractivity contribution in [2.45, 2.75) is 32.6 Å². The van der Waals surface area contributed by atoms with Crippen LogP contribution in [0.1, 0.15) is 31.2 Å². The number of rotatable bonds is 4. The number of aryl methyl sites for hydroxylation is 1. The first-order chi connectivity index (χ1) is 8.86. The van der Waals surface area contributed by atoms with Gasteiger partial charge in [0.05, 0.1) is 0 Å². The quantitative estimate of drug-likeness (QED) is 0.896. The molecule has 0 atom stereocenters. The van der Waals surface area contributed by atoms with Crippen LogP contribution in [0.5, 0.6) is 0 Å². The van der Waals surface area contributed by atoms with Crippen LogP contribution in [0.4, 0.5) is 5.69 Å². The van der Waals surface area contributed by atoms with E-state index in [2.05, 4.69) is 34.5 Å². The molecule has 18 heavy (non-hydrogen) atoms. The molecule has 0 radical (unpaired) electrons. The molecule has 3 rings (SSSR count). The van der Waals surface area contributed by atoms with Gasteiger partial charge >= 0.3 is 0 Å². The molecular weight excluding hydrogens is 226 g/mol. The third-order valence-electron chi connectivity index (χ3n) is 3.28. The monoisotopic (exact) mass is 243 g/mol. The zero-order valence-electron chi connectivity index (χ0n) is 10.6. The predicted octanol–water partition coefficient (Wildman–Crippen LogP) is 3.05. The van der Waals surface area contributed by atoms with Crippen LogP contribution in [-0.4, -0.2) is 16.7 Å². The van der Waals surface area contributed by atoms with E-state index >= 15 is 0 Å². The maximum absolute atomic E-state index is 5.33. The number of unbranched alkanes of at least 4 members (excludes halogenated alkanes) is 1. The third kappa shape index (κ3) is 2.10. The Morgan fingerprint density at radius 2 is 2.33 bits per heavy atom. The summed E-state index contributed by atoms with van der Waals surface area (Å²) in [7, 11) is 0. The lowest BCUT2D eigenvalue weighted by atomic mass is 10.1. The fourth-order valence-corrected chi connectivity index (χ4v) is 2.25. The molecule has 0 saturated carbocycles. The van der Waals surface area contributed by atoms with Crippen LogP contribution in [-0.2, 0) is 12.8 Å². The molecule has 1 aliphatic rings. The molecule has 2 heterocycles. The summed E-state index contributed by atoms with van der Waals surface area (Å²) in [4.78, 5) is 4.45. The van der Waals surface area contributed by atoms with Crippen LogP contribution in [0.2, 0.25) is 0 Å². The zero-order valence-corrected chi connectivity index (χ0v) is 10.6. The van der Waals surface area contributed by atoms with Gasteiger partial charge in [-0.15, -0.1) is 0 Å². The molecule has 1 aromatic heterocycles. The van der Waals surface area contributed by atoms with Crippen LogP contribution in [0.15, 0.2) is 22.7 Å². The van der Waals surface area contributed by atoms with E-state index in [4.69, 9.17) is 4.52 Å². The molecule has 0 fully saturated rings. The Morgan fingerprint density at radius 1 is 1.39 bits per heavy atom. The van der Waals surface area contributed by atoms with Gasteiger partial charge in [0.25, 0.3) is 5.89 Å². The standard InChI is InChI=1S/C14H17N3O/c1-2-3-4-13-16-14(18-17-13)11-5-6-12-10(9-11)7-8-15-12/h5-6,9,15H,2-4,7-8H2,1H3. The molecule has 0 spiro atoms. The van der Waals surface area contributed by atoms with Gasteiger partial charge in [-0.1, -0.05) is 18.5 Å². The summed E-state index contributed by atoms with van der Waals surface area (Å²) in [6, 6.07) is 6.27. The fourth-order valence-electron chi connectivity index (χ4n) is 2.25. The Bertz CT molecular complexity index is 548. The van der Waals surface area contributed by atoms with E-state index in [1.54, 1.807) is 0 Å². The normalized spacial score (nSPS) is 13.4. The minimum absolute atomic E-state index is 0.635. The van der Waals surface area contributed by atoms with Crippen LogP contribution in [0.25, 0.3) is 11.5 Å². The second kappa shape index (κ2) is 4.80. The van der Waals surface area contributed by atoms with E-state index in [1.165, 1.54) is 11.3 Å². The van der Waals surface area contributed by atoms with Gasteiger partial charge in [-0.05, 0) is 36.6 Å². The number of fused-ring (bicyclic) bond motifs is 1. The fraction of sp³-hybridized carbons (Fsp3) is 0.429. The Morgan fingerprint density at radius 3 is 3.22 bits per heavy atom. The van der Waals surface area contributed by atoms with Crippen molar-refractivity contribution in [3.8, 4) is 11.5 Å². The highest BCUT2D eigenvalue weighted by Gasteiger charge is 2.14. The van der Waals surface area contributed by atoms with Crippen LogP contribution >= 0.6 is 0 Å². The van der Waals surface area contributed by atoms with Gasteiger partial charge in [0.15, 0.2) is 5.82 Å². The topological polar surface area (TPSA) is 51.0 Å². The highest BCUT2D eigenvalue weighted by atomic mass is 16.5. The summed E-state index contributed by atoms with van der Waals surface area (Å²) in [5.74, 6) is 1.45. The Balaban J connectivity index is 1.83. The number of nitrogens with zero attached hydrogens (tertiary/aromatic N) is 2. The number of aromatic nitrogens is 2. The molecule has 0 unspecified atom stereocenters. The third-order valence-corrected chi connectivity index (χ3v) is 3.28. The van der Waals surface area contributed by atoms with Crippen molar-refractivity contribution in [1.82, 2.24) is 10.1 Å². The van der Waals surface area contributed by atoms with E-state index in [1.807, 2.05) is 6.07 Å². The van der Waals surface area contributed by atoms with Crippen molar-refractivity contribution >= 4 is 5.69 Å². The maximum Gasteiger partial charge on any atom is 0.257 e. The summed E-state index contributed by atoms with van der Waals surface area (Å²) in [6.45, 7) is 3.18. The number of hydrogen-bond acceptors (Lipinski definition) is 4. The van der Waals surface area contributed by atoms with E-state index in [0.29, 0.717) is 5.89 Å². The second-order valence-electron chi connectivity index (χ2n) is 4.67. The Labute approximate surface area is 106 Å². The molecule has 1 aliphatic heterocycles. The average Bonchev–Trinajstić information content (AvgIpc) is 3.04. The molecule has 4 nitrogen and oxygen atoms in total. The highest BCUT2D eigenvalue weighted by Crippen LogP contribution is 2.27. The molecule has 1 aromatic carbocycles. The van der Waals surface area contributed by atoms with Gasteiger partial charge in [-0.2, -0.15) is 4.98 Å². The van der Waals surface area contributed by atoms with Gasteiger partial charge < -0.3 is 9.84 Å². The molecule has 0 bridgehead atoms. The van der Waals surface area contributed by atoms with Crippen LogP contribution in [0, 0.1) is 0 Å². The number of hydrogen-bond donors (Lipinski definition) is 1. The SMILES string of the molecule is CCCCc1noc(-c2ccc3c(c2)CCN3)n1. The van der Waals surface area contributed by atoms with Crippen LogP contribution in [0.3, 0.4) is 0 Å². The minimum Gasteiger partial charge on any atom is -0.384 e. The Kier molecular flexibility index (Phi) is 3.00. The van der Waals surface area contributed by atoms with Crippen molar-refractivity contribution in [1.29, 1.82) is 0 Å². The highest BCUT2D eigenvalue weighted by molar-refractivity contribution is 5.64. The van der Waals surface area contributed by atoms with Gasteiger partial charge in [0.1, 0.15) is 0 Å². The summed E-state index contributed by atoms with van der Waals surface area (Å²) in [5, 5.41) is 7.37. The van der Waals surface area contributed by atoms with E-state index < -0.39 is 0 Å². The number of anilines is 1. The number of nitrogens with one attached hydrogen (secondary N) is 1. The summed E-state index contributed by atoms with van der Waals surface area (Å²) in [5.41, 5.74) is 3.58. The van der Waals surface area contributed by atoms with E-state index in [9.17, 15) is 0 Å². The van der Waals surface area contributed by atoms with Crippen molar-refractivity contribution in [2.75, 3.05) is 11.9 Å². The van der Waals surface area contributed by atoms with Gasteiger partial charge in [-0.25, -0.2) is 0 Å². The van der Waals surface area contributed by atoms with E-state index in [0.717, 1.165) is 43.6 Å². The van der Waals surface area contributed by atoms with Gasteiger partial charge in [-0.3, -0.25) is 0 Å². The molecule has 94 valence electrons. The maximum atomic E-state index is 5.33. The largest absolute Gasteiger partial charge is 0.384 e. The number of benzene rings is 1. The van der Waals surface area contributed by atoms with Crippen molar-refractivity contribution in [3.05, 3.63) is 29.6 Å². The summed E-state index contributed by atoms with van der Waals surface area (Å²) < 4.78 is 5.33. The summed E-state index contributed by atoms with van der Waals surface area (Å²) >= 11 is 0. The summed E-state index contributed by atoms with van der Waals surface area (Å²) in [6.07, 6.45) is 4.22. The first kappa shape index (κ1) is 11.3. The molecule has 2 aromatic rings. The van der Waals surface area contributed by atoms with Crippen molar-refractivity contribution in [2.24, 2.45) is 0 Å².